The third-order valence-corrected chi connectivity index (χ3v) is 3.00. The Labute approximate surface area is 125 Å². The molecule has 0 saturated carbocycles. The summed E-state index contributed by atoms with van der Waals surface area (Å²) in [5, 5.41) is 9.84. The van der Waals surface area contributed by atoms with Crippen LogP contribution in [0.1, 0.15) is 5.56 Å². The summed E-state index contributed by atoms with van der Waals surface area (Å²) in [6, 6.07) is 5.31. The molecule has 21 heavy (non-hydrogen) atoms. The lowest BCUT2D eigenvalue weighted by molar-refractivity contribution is 0.394. The van der Waals surface area contributed by atoms with Gasteiger partial charge in [0.1, 0.15) is 22.2 Å². The van der Waals surface area contributed by atoms with Crippen LogP contribution in [0.2, 0.25) is 5.02 Å². The molecule has 0 fully saturated rings. The van der Waals surface area contributed by atoms with E-state index in [0.717, 1.165) is 5.56 Å². The second kappa shape index (κ2) is 6.76. The molecule has 8 heteroatoms. The molecule has 1 heterocycles. The summed E-state index contributed by atoms with van der Waals surface area (Å²) in [6.45, 7) is 0. The van der Waals surface area contributed by atoms with Gasteiger partial charge < -0.3 is 9.47 Å². The van der Waals surface area contributed by atoms with Crippen LogP contribution in [0.4, 0.5) is 5.69 Å². The minimum absolute atomic E-state index is 0.0103. The fraction of sp³-hybridized carbons (Fsp3) is 0.154. The molecule has 0 aliphatic heterocycles. The number of nitrogens with zero attached hydrogens (tertiary/aromatic N) is 2. The molecule has 7 nitrogen and oxygen atoms in total. The van der Waals surface area contributed by atoms with E-state index in [1.807, 2.05) is 0 Å². The van der Waals surface area contributed by atoms with Crippen LogP contribution in [0.25, 0.3) is 0 Å². The molecule has 1 aromatic heterocycles. The van der Waals surface area contributed by atoms with Gasteiger partial charge in [-0.2, -0.15) is 10.2 Å². The molecule has 0 spiro atoms. The predicted molar refractivity (Wildman–Crippen MR) is 80.6 cm³/mol. The first-order valence-corrected chi connectivity index (χ1v) is 6.27. The number of aromatic amines is 1. The van der Waals surface area contributed by atoms with E-state index >= 15 is 0 Å². The largest absolute Gasteiger partial charge is 0.497 e. The average molecular weight is 309 g/mol. The maximum absolute atomic E-state index is 11.3. The van der Waals surface area contributed by atoms with Gasteiger partial charge in [0.25, 0.3) is 5.56 Å². The average Bonchev–Trinajstić information content (AvgIpc) is 2.51. The predicted octanol–water partition coefficient (Wildman–Crippen LogP) is 1.89. The van der Waals surface area contributed by atoms with E-state index in [2.05, 4.69) is 20.7 Å². The van der Waals surface area contributed by atoms with E-state index in [4.69, 9.17) is 21.1 Å². The molecule has 2 N–H and O–H groups in total. The summed E-state index contributed by atoms with van der Waals surface area (Å²) in [5.41, 5.74) is 3.21. The molecule has 1 aromatic carbocycles. The standard InChI is InChI=1S/C13H13ClN4O3/c1-20-9-4-3-8(11(5-9)21-2)6-15-17-10-7-16-18-13(19)12(10)14/h3-7H,1-2H3,(H2,17,18,19)/b15-6-. The van der Waals surface area contributed by atoms with Crippen LogP contribution in [-0.4, -0.2) is 30.6 Å². The van der Waals surface area contributed by atoms with Crippen molar-refractivity contribution in [2.75, 3.05) is 19.6 Å². The number of hydrogen-bond donors (Lipinski definition) is 2. The van der Waals surface area contributed by atoms with Gasteiger partial charge in [0, 0.05) is 11.6 Å². The molecule has 0 aliphatic carbocycles. The summed E-state index contributed by atoms with van der Waals surface area (Å²) in [5.74, 6) is 1.29. The molecule has 0 unspecified atom stereocenters. The van der Waals surface area contributed by atoms with Crippen LogP contribution in [0, 0.1) is 0 Å². The number of rotatable bonds is 5. The fourth-order valence-electron chi connectivity index (χ4n) is 1.56. The van der Waals surface area contributed by atoms with Crippen molar-refractivity contribution in [3.05, 3.63) is 45.3 Å². The number of H-pyrrole nitrogens is 1. The molecule has 0 aliphatic rings. The summed E-state index contributed by atoms with van der Waals surface area (Å²) < 4.78 is 10.4. The summed E-state index contributed by atoms with van der Waals surface area (Å²) in [4.78, 5) is 11.3. The van der Waals surface area contributed by atoms with Gasteiger partial charge in [-0.15, -0.1) is 0 Å². The van der Waals surface area contributed by atoms with Gasteiger partial charge in [-0.3, -0.25) is 10.2 Å². The number of nitrogens with one attached hydrogen (secondary N) is 2. The number of aromatic nitrogens is 2. The van der Waals surface area contributed by atoms with E-state index in [9.17, 15) is 4.79 Å². The zero-order chi connectivity index (χ0) is 15.2. The topological polar surface area (TPSA) is 88.6 Å². The second-order valence-corrected chi connectivity index (χ2v) is 4.28. The van der Waals surface area contributed by atoms with E-state index < -0.39 is 5.56 Å². The highest BCUT2D eigenvalue weighted by Crippen LogP contribution is 2.23. The Balaban J connectivity index is 2.18. The van der Waals surface area contributed by atoms with Crippen molar-refractivity contribution in [3.63, 3.8) is 0 Å². The van der Waals surface area contributed by atoms with Crippen LogP contribution in [0.3, 0.4) is 0 Å². The van der Waals surface area contributed by atoms with Crippen molar-refractivity contribution in [2.24, 2.45) is 5.10 Å². The van der Waals surface area contributed by atoms with Crippen molar-refractivity contribution in [1.29, 1.82) is 0 Å². The molecule has 0 saturated heterocycles. The third kappa shape index (κ3) is 3.51. The third-order valence-electron chi connectivity index (χ3n) is 2.62. The first-order chi connectivity index (χ1) is 10.2. The number of hydrogen-bond acceptors (Lipinski definition) is 6. The van der Waals surface area contributed by atoms with E-state index in [0.29, 0.717) is 17.2 Å². The van der Waals surface area contributed by atoms with Crippen molar-refractivity contribution in [1.82, 2.24) is 10.2 Å². The van der Waals surface area contributed by atoms with Crippen molar-refractivity contribution < 1.29 is 9.47 Å². The van der Waals surface area contributed by atoms with Crippen LogP contribution in [-0.2, 0) is 0 Å². The van der Waals surface area contributed by atoms with Crippen LogP contribution >= 0.6 is 11.6 Å². The molecule has 0 bridgehead atoms. The zero-order valence-corrected chi connectivity index (χ0v) is 12.1. The molecule has 0 radical (unpaired) electrons. The monoisotopic (exact) mass is 308 g/mol. The number of methoxy groups -OCH3 is 2. The van der Waals surface area contributed by atoms with Crippen LogP contribution in [0.5, 0.6) is 11.5 Å². The van der Waals surface area contributed by atoms with Gasteiger partial charge in [0.2, 0.25) is 0 Å². The first-order valence-electron chi connectivity index (χ1n) is 5.90. The zero-order valence-electron chi connectivity index (χ0n) is 11.4. The van der Waals surface area contributed by atoms with Gasteiger partial charge in [-0.05, 0) is 12.1 Å². The van der Waals surface area contributed by atoms with Crippen LogP contribution < -0.4 is 20.5 Å². The SMILES string of the molecule is COc1ccc(/C=N\Nc2cn[nH]c(=O)c2Cl)c(OC)c1. The Kier molecular flexibility index (Phi) is 4.78. The van der Waals surface area contributed by atoms with Gasteiger partial charge in [-0.1, -0.05) is 11.6 Å². The van der Waals surface area contributed by atoms with E-state index in [-0.39, 0.29) is 5.02 Å². The maximum Gasteiger partial charge on any atom is 0.285 e. The molecule has 2 aromatic rings. The van der Waals surface area contributed by atoms with Gasteiger partial charge in [-0.25, -0.2) is 5.10 Å². The number of hydrazone groups is 1. The van der Waals surface area contributed by atoms with Gasteiger partial charge >= 0.3 is 0 Å². The first kappa shape index (κ1) is 14.9. The van der Waals surface area contributed by atoms with Crippen molar-refractivity contribution >= 4 is 23.5 Å². The highest BCUT2D eigenvalue weighted by Gasteiger charge is 2.04. The Bertz CT molecular complexity index is 715. The maximum atomic E-state index is 11.3. The number of ether oxygens (including phenoxy) is 2. The molecular weight excluding hydrogens is 296 g/mol. The van der Waals surface area contributed by atoms with Crippen LogP contribution in [0.15, 0.2) is 34.3 Å². The summed E-state index contributed by atoms with van der Waals surface area (Å²) in [6.07, 6.45) is 2.90. The summed E-state index contributed by atoms with van der Waals surface area (Å²) in [7, 11) is 3.13. The van der Waals surface area contributed by atoms with Gasteiger partial charge in [0.15, 0.2) is 0 Å². The Hall–Kier alpha value is -2.54. The Morgan fingerprint density at radius 3 is 2.90 bits per heavy atom. The normalized spacial score (nSPS) is 10.6. The number of benzene rings is 1. The Morgan fingerprint density at radius 1 is 1.38 bits per heavy atom. The molecule has 110 valence electrons. The highest BCUT2D eigenvalue weighted by molar-refractivity contribution is 6.32. The second-order valence-electron chi connectivity index (χ2n) is 3.90. The molecule has 0 atom stereocenters. The van der Waals surface area contributed by atoms with Crippen molar-refractivity contribution in [3.8, 4) is 11.5 Å². The lowest BCUT2D eigenvalue weighted by Gasteiger charge is -2.07. The van der Waals surface area contributed by atoms with E-state index in [1.54, 1.807) is 32.4 Å². The Morgan fingerprint density at radius 2 is 2.19 bits per heavy atom. The minimum Gasteiger partial charge on any atom is -0.497 e. The molecule has 2 rings (SSSR count). The molecular formula is C13H13ClN4O3. The van der Waals surface area contributed by atoms with Crippen molar-refractivity contribution in [2.45, 2.75) is 0 Å². The number of halogens is 1. The minimum atomic E-state index is -0.487. The highest BCUT2D eigenvalue weighted by atomic mass is 35.5. The molecule has 0 amide bonds. The lowest BCUT2D eigenvalue weighted by Crippen LogP contribution is -2.10. The van der Waals surface area contributed by atoms with Gasteiger partial charge in [0.05, 0.1) is 26.6 Å². The number of anilines is 1. The lowest BCUT2D eigenvalue weighted by atomic mass is 10.2. The smallest absolute Gasteiger partial charge is 0.285 e. The van der Waals surface area contributed by atoms with E-state index in [1.165, 1.54) is 12.4 Å². The summed E-state index contributed by atoms with van der Waals surface area (Å²) >= 11 is 5.81. The fourth-order valence-corrected chi connectivity index (χ4v) is 1.69. The quantitative estimate of drug-likeness (QED) is 0.650.